The second-order valence-corrected chi connectivity index (χ2v) is 10.5. The van der Waals surface area contributed by atoms with Crippen molar-refractivity contribution in [2.45, 2.75) is 46.2 Å². The summed E-state index contributed by atoms with van der Waals surface area (Å²) in [4.78, 5) is 20.9. The van der Waals surface area contributed by atoms with E-state index in [0.717, 1.165) is 22.0 Å². The Morgan fingerprint density at radius 1 is 1.03 bits per heavy atom. The fourth-order valence-electron chi connectivity index (χ4n) is 5.02. The van der Waals surface area contributed by atoms with Crippen LogP contribution in [0.15, 0.2) is 47.3 Å². The van der Waals surface area contributed by atoms with Crippen LogP contribution in [-0.4, -0.2) is 56.3 Å². The summed E-state index contributed by atoms with van der Waals surface area (Å²) < 4.78 is 16.2. The number of rotatable bonds is 4. The predicted octanol–water partition coefficient (Wildman–Crippen LogP) is 3.94. The average molecular weight is 490 g/mol. The lowest BCUT2D eigenvalue weighted by molar-refractivity contribution is 0.190. The van der Waals surface area contributed by atoms with E-state index in [4.69, 9.17) is 0 Å². The molecule has 3 heterocycles. The first-order valence-electron chi connectivity index (χ1n) is 12.3. The zero-order valence-corrected chi connectivity index (χ0v) is 21.4. The molecule has 36 heavy (non-hydrogen) atoms. The van der Waals surface area contributed by atoms with E-state index in [1.54, 1.807) is 16.8 Å². The van der Waals surface area contributed by atoms with Crippen LogP contribution in [0.2, 0.25) is 0 Å². The molecule has 1 fully saturated rings. The van der Waals surface area contributed by atoms with Crippen LogP contribution in [0.3, 0.4) is 0 Å². The van der Waals surface area contributed by atoms with Crippen molar-refractivity contribution >= 4 is 16.6 Å². The molecule has 9 heteroatoms. The Balaban J connectivity index is 1.58. The highest BCUT2D eigenvalue weighted by atomic mass is 19.1. The number of nitrogens with zero attached hydrogens (tertiary/aromatic N) is 6. The first kappa shape index (κ1) is 24.1. The van der Waals surface area contributed by atoms with Gasteiger partial charge in [-0.3, -0.25) is 9.69 Å². The van der Waals surface area contributed by atoms with E-state index < -0.39 is 6.04 Å². The molecule has 5 rings (SSSR count). The van der Waals surface area contributed by atoms with E-state index >= 15 is 0 Å². The lowest BCUT2D eigenvalue weighted by atomic mass is 9.99. The quantitative estimate of drug-likeness (QED) is 0.468. The maximum absolute atomic E-state index is 14.4. The van der Waals surface area contributed by atoms with Gasteiger partial charge in [-0.1, -0.05) is 24.3 Å². The van der Waals surface area contributed by atoms with Gasteiger partial charge in [0, 0.05) is 31.7 Å². The lowest BCUT2D eigenvalue weighted by Crippen LogP contribution is -2.49. The summed E-state index contributed by atoms with van der Waals surface area (Å²) >= 11 is 0. The highest BCUT2D eigenvalue weighted by Gasteiger charge is 2.35. The molecular formula is C27H32FN7O. The van der Waals surface area contributed by atoms with Gasteiger partial charge >= 0.3 is 0 Å². The van der Waals surface area contributed by atoms with Crippen molar-refractivity contribution < 1.29 is 4.39 Å². The number of fused-ring (bicyclic) bond motifs is 1. The van der Waals surface area contributed by atoms with Crippen LogP contribution in [0, 0.1) is 19.7 Å². The van der Waals surface area contributed by atoms with Gasteiger partial charge in [0.15, 0.2) is 5.82 Å². The Bertz CT molecular complexity index is 1460. The summed E-state index contributed by atoms with van der Waals surface area (Å²) in [6.45, 7) is 12.7. The molecule has 1 N–H and O–H groups in total. The third-order valence-electron chi connectivity index (χ3n) is 7.12. The van der Waals surface area contributed by atoms with Gasteiger partial charge in [-0.25, -0.2) is 9.07 Å². The molecule has 1 saturated heterocycles. The van der Waals surface area contributed by atoms with Crippen molar-refractivity contribution in [1.82, 2.24) is 30.1 Å². The maximum atomic E-state index is 14.4. The number of H-pyrrole nitrogens is 1. The van der Waals surface area contributed by atoms with Gasteiger partial charge in [-0.2, -0.15) is 0 Å². The van der Waals surface area contributed by atoms with Gasteiger partial charge in [-0.05, 0) is 79.8 Å². The molecule has 2 aromatic heterocycles. The van der Waals surface area contributed by atoms with Crippen LogP contribution >= 0.6 is 0 Å². The zero-order valence-electron chi connectivity index (χ0n) is 21.4. The van der Waals surface area contributed by atoms with Crippen LogP contribution < -0.4 is 10.5 Å². The Morgan fingerprint density at radius 2 is 1.75 bits per heavy atom. The van der Waals surface area contributed by atoms with Gasteiger partial charge in [0.1, 0.15) is 11.9 Å². The minimum Gasteiger partial charge on any atom is -0.367 e. The van der Waals surface area contributed by atoms with Crippen LogP contribution in [0.1, 0.15) is 49.3 Å². The van der Waals surface area contributed by atoms with Crippen molar-refractivity contribution in [3.8, 4) is 0 Å². The molecule has 0 bridgehead atoms. The molecule has 188 valence electrons. The molecule has 0 amide bonds. The number of pyridine rings is 1. The normalized spacial score (nSPS) is 16.0. The molecule has 4 aromatic rings. The molecule has 0 radical (unpaired) electrons. The predicted molar refractivity (Wildman–Crippen MR) is 139 cm³/mol. The Morgan fingerprint density at radius 3 is 2.44 bits per heavy atom. The van der Waals surface area contributed by atoms with E-state index in [9.17, 15) is 9.18 Å². The number of tetrazole rings is 1. The van der Waals surface area contributed by atoms with E-state index in [-0.39, 0.29) is 16.9 Å². The molecule has 0 saturated carbocycles. The van der Waals surface area contributed by atoms with Gasteiger partial charge < -0.3 is 9.88 Å². The fraction of sp³-hybridized carbons (Fsp3) is 0.407. The number of aryl methyl sites for hydroxylation is 2. The van der Waals surface area contributed by atoms with Gasteiger partial charge in [0.25, 0.3) is 5.56 Å². The summed E-state index contributed by atoms with van der Waals surface area (Å²) in [6.07, 6.45) is 0. The van der Waals surface area contributed by atoms with Crippen molar-refractivity contribution in [3.05, 3.63) is 81.2 Å². The Labute approximate surface area is 209 Å². The van der Waals surface area contributed by atoms with Crippen molar-refractivity contribution in [1.29, 1.82) is 0 Å². The SMILES string of the molecule is Cc1ccc2cc(C(c3nnnn3C(C)(C)C)N3CCN(c4ccccc4F)CC3)c(=O)[nH]c2c1C. The molecular weight excluding hydrogens is 457 g/mol. The van der Waals surface area contributed by atoms with Gasteiger partial charge in [-0.15, -0.1) is 5.10 Å². The van der Waals surface area contributed by atoms with Crippen LogP contribution in [0.5, 0.6) is 0 Å². The number of piperazine rings is 1. The topological polar surface area (TPSA) is 82.9 Å². The highest BCUT2D eigenvalue weighted by Crippen LogP contribution is 2.31. The van der Waals surface area contributed by atoms with Crippen LogP contribution in [0.4, 0.5) is 10.1 Å². The first-order valence-corrected chi connectivity index (χ1v) is 12.3. The number of para-hydroxylation sites is 1. The van der Waals surface area contributed by atoms with Crippen molar-refractivity contribution in [2.24, 2.45) is 0 Å². The summed E-state index contributed by atoms with van der Waals surface area (Å²) in [5.74, 6) is 0.395. The van der Waals surface area contributed by atoms with E-state index in [0.29, 0.717) is 43.3 Å². The van der Waals surface area contributed by atoms with Crippen LogP contribution in [0.25, 0.3) is 10.9 Å². The van der Waals surface area contributed by atoms with Gasteiger partial charge in [0.05, 0.1) is 16.7 Å². The Kier molecular flexibility index (Phi) is 6.12. The highest BCUT2D eigenvalue weighted by molar-refractivity contribution is 5.83. The number of benzene rings is 2. The standard InChI is InChI=1S/C27H32FN7O/c1-17-10-11-19-16-20(26(36)29-23(19)18(17)2)24(25-30-31-32-35(25)27(3,4)5)34-14-12-33(13-15-34)22-9-7-6-8-21(22)28/h6-11,16,24H,12-15H2,1-5H3,(H,29,36). The molecule has 1 aliphatic heterocycles. The summed E-state index contributed by atoms with van der Waals surface area (Å²) in [5, 5.41) is 13.6. The van der Waals surface area contributed by atoms with Crippen molar-refractivity contribution in [2.75, 3.05) is 31.1 Å². The third-order valence-corrected chi connectivity index (χ3v) is 7.12. The zero-order chi connectivity index (χ0) is 25.6. The van der Waals surface area contributed by atoms with Crippen LogP contribution in [-0.2, 0) is 5.54 Å². The minimum absolute atomic E-state index is 0.152. The third kappa shape index (κ3) is 4.28. The second kappa shape index (κ2) is 9.13. The number of nitrogens with one attached hydrogen (secondary N) is 1. The lowest BCUT2D eigenvalue weighted by Gasteiger charge is -2.40. The van der Waals surface area contributed by atoms with E-state index in [1.165, 1.54) is 6.07 Å². The largest absolute Gasteiger partial charge is 0.367 e. The van der Waals surface area contributed by atoms with Gasteiger partial charge in [0.2, 0.25) is 0 Å². The molecule has 0 spiro atoms. The summed E-state index contributed by atoms with van der Waals surface area (Å²) in [5.41, 5.74) is 3.72. The number of aromatic amines is 1. The first-order chi connectivity index (χ1) is 17.1. The molecule has 1 aliphatic rings. The average Bonchev–Trinajstić information content (AvgIpc) is 3.34. The molecule has 8 nitrogen and oxygen atoms in total. The number of hydrogen-bond donors (Lipinski definition) is 1. The number of halogens is 1. The number of aromatic nitrogens is 5. The molecule has 1 unspecified atom stereocenters. The second-order valence-electron chi connectivity index (χ2n) is 10.5. The molecule has 1 atom stereocenters. The Hall–Kier alpha value is -3.59. The maximum Gasteiger partial charge on any atom is 0.253 e. The molecule has 2 aromatic carbocycles. The molecule has 0 aliphatic carbocycles. The minimum atomic E-state index is -0.447. The smallest absolute Gasteiger partial charge is 0.253 e. The number of anilines is 1. The van der Waals surface area contributed by atoms with Crippen molar-refractivity contribution in [3.63, 3.8) is 0 Å². The monoisotopic (exact) mass is 489 g/mol. The van der Waals surface area contributed by atoms with E-state index in [2.05, 4.69) is 31.5 Å². The number of hydrogen-bond acceptors (Lipinski definition) is 6. The summed E-state index contributed by atoms with van der Waals surface area (Å²) in [6, 6.07) is 12.5. The summed E-state index contributed by atoms with van der Waals surface area (Å²) in [7, 11) is 0. The fourth-order valence-corrected chi connectivity index (χ4v) is 5.02. The van der Waals surface area contributed by atoms with E-state index in [1.807, 2.05) is 57.7 Å².